The van der Waals surface area contributed by atoms with E-state index in [0.29, 0.717) is 0 Å². The van der Waals surface area contributed by atoms with Crippen molar-refractivity contribution in [3.05, 3.63) is 54.9 Å². The van der Waals surface area contributed by atoms with Gasteiger partial charge < -0.3 is 4.98 Å². The lowest BCUT2D eigenvalue weighted by atomic mass is 10.2. The minimum atomic E-state index is 0.874. The van der Waals surface area contributed by atoms with E-state index < -0.39 is 0 Å². The van der Waals surface area contributed by atoms with Crippen LogP contribution in [0.3, 0.4) is 0 Å². The molecule has 0 radical (unpaired) electrons. The molecule has 4 rings (SSSR count). The highest BCUT2D eigenvalue weighted by molar-refractivity contribution is 7.18. The molecule has 3 heterocycles. The van der Waals surface area contributed by atoms with E-state index >= 15 is 0 Å². The summed E-state index contributed by atoms with van der Waals surface area (Å²) in [4.78, 5) is 7.46. The zero-order valence-electron chi connectivity index (χ0n) is 10.4. The summed E-state index contributed by atoms with van der Waals surface area (Å²) >= 11 is 1.59. The lowest BCUT2D eigenvalue weighted by Crippen LogP contribution is -1.76. The standard InChI is InChI=1S/C15H10N4S/c1-2-5-10(6-3-1)14-18-19-15(20-14)12-9-17-13-11(12)7-4-8-16-13/h1-9H,(H,16,17). The average Bonchev–Trinajstić information content (AvgIpc) is 3.14. The summed E-state index contributed by atoms with van der Waals surface area (Å²) in [6.07, 6.45) is 3.71. The van der Waals surface area contributed by atoms with Crippen LogP contribution in [-0.2, 0) is 0 Å². The van der Waals surface area contributed by atoms with Crippen LogP contribution in [0.25, 0.3) is 32.2 Å². The zero-order valence-corrected chi connectivity index (χ0v) is 11.3. The first-order valence-corrected chi connectivity index (χ1v) is 7.05. The minimum absolute atomic E-state index is 0.874. The fourth-order valence-electron chi connectivity index (χ4n) is 2.16. The van der Waals surface area contributed by atoms with Gasteiger partial charge in [0, 0.05) is 28.9 Å². The topological polar surface area (TPSA) is 54.5 Å². The second kappa shape index (κ2) is 4.54. The number of H-pyrrole nitrogens is 1. The van der Waals surface area contributed by atoms with Gasteiger partial charge in [-0.25, -0.2) is 4.98 Å². The molecule has 3 aromatic heterocycles. The molecule has 1 aromatic carbocycles. The second-order valence-corrected chi connectivity index (χ2v) is 5.36. The van der Waals surface area contributed by atoms with Gasteiger partial charge >= 0.3 is 0 Å². The average molecular weight is 278 g/mol. The molecule has 0 saturated heterocycles. The molecule has 0 spiro atoms. The number of hydrogen-bond acceptors (Lipinski definition) is 4. The Balaban J connectivity index is 1.82. The molecule has 0 bridgehead atoms. The SMILES string of the molecule is c1ccc(-c2nnc(-c3c[nH]c4ncccc34)s2)cc1. The first-order valence-electron chi connectivity index (χ1n) is 6.23. The Morgan fingerprint density at radius 2 is 1.75 bits per heavy atom. The Bertz CT molecular complexity index is 864. The van der Waals surface area contributed by atoms with Crippen LogP contribution in [0.15, 0.2) is 54.9 Å². The van der Waals surface area contributed by atoms with E-state index in [2.05, 4.69) is 20.2 Å². The molecular weight excluding hydrogens is 268 g/mol. The number of nitrogens with zero attached hydrogens (tertiary/aromatic N) is 3. The summed E-state index contributed by atoms with van der Waals surface area (Å²) < 4.78 is 0. The number of aromatic nitrogens is 4. The molecule has 1 N–H and O–H groups in total. The summed E-state index contributed by atoms with van der Waals surface area (Å²) in [6, 6.07) is 14.1. The summed E-state index contributed by atoms with van der Waals surface area (Å²) in [5, 5.41) is 11.5. The zero-order chi connectivity index (χ0) is 13.4. The van der Waals surface area contributed by atoms with Crippen molar-refractivity contribution in [2.24, 2.45) is 0 Å². The predicted molar refractivity (Wildman–Crippen MR) is 80.4 cm³/mol. The van der Waals surface area contributed by atoms with Gasteiger partial charge in [-0.15, -0.1) is 10.2 Å². The van der Waals surface area contributed by atoms with Crippen LogP contribution in [0.2, 0.25) is 0 Å². The van der Waals surface area contributed by atoms with Crippen LogP contribution in [0.4, 0.5) is 0 Å². The Labute approximate surface area is 119 Å². The van der Waals surface area contributed by atoms with Crippen molar-refractivity contribution >= 4 is 22.4 Å². The summed E-state index contributed by atoms with van der Waals surface area (Å²) in [5.74, 6) is 0. The van der Waals surface area contributed by atoms with Crippen LogP contribution >= 0.6 is 11.3 Å². The molecule has 0 fully saturated rings. The number of fused-ring (bicyclic) bond motifs is 1. The molecule has 0 aliphatic heterocycles. The maximum Gasteiger partial charge on any atom is 0.150 e. The van der Waals surface area contributed by atoms with Crippen LogP contribution in [0.1, 0.15) is 0 Å². The van der Waals surface area contributed by atoms with Crippen molar-refractivity contribution in [2.45, 2.75) is 0 Å². The van der Waals surface area contributed by atoms with Gasteiger partial charge in [-0.1, -0.05) is 41.7 Å². The third-order valence-corrected chi connectivity index (χ3v) is 4.13. The fourth-order valence-corrected chi connectivity index (χ4v) is 3.04. The van der Waals surface area contributed by atoms with Gasteiger partial charge in [0.05, 0.1) is 0 Å². The molecule has 0 amide bonds. The van der Waals surface area contributed by atoms with Gasteiger partial charge in [0.25, 0.3) is 0 Å². The van der Waals surface area contributed by atoms with Gasteiger partial charge in [0.2, 0.25) is 0 Å². The molecule has 20 heavy (non-hydrogen) atoms. The molecule has 4 nitrogen and oxygen atoms in total. The van der Waals surface area contributed by atoms with Crippen molar-refractivity contribution in [1.29, 1.82) is 0 Å². The lowest BCUT2D eigenvalue weighted by Gasteiger charge is -1.92. The fraction of sp³-hybridized carbons (Fsp3) is 0. The third-order valence-electron chi connectivity index (χ3n) is 3.13. The van der Waals surface area contributed by atoms with Gasteiger partial charge in [-0.2, -0.15) is 0 Å². The van der Waals surface area contributed by atoms with Crippen LogP contribution in [-0.4, -0.2) is 20.2 Å². The highest BCUT2D eigenvalue weighted by Gasteiger charge is 2.12. The molecule has 4 aromatic rings. The number of pyridine rings is 1. The van der Waals surface area contributed by atoms with Gasteiger partial charge in [-0.05, 0) is 12.1 Å². The van der Waals surface area contributed by atoms with E-state index in [1.54, 1.807) is 17.5 Å². The van der Waals surface area contributed by atoms with E-state index in [0.717, 1.165) is 32.2 Å². The van der Waals surface area contributed by atoms with E-state index in [-0.39, 0.29) is 0 Å². The van der Waals surface area contributed by atoms with Crippen molar-refractivity contribution in [1.82, 2.24) is 20.2 Å². The Morgan fingerprint density at radius 1 is 0.900 bits per heavy atom. The Morgan fingerprint density at radius 3 is 2.65 bits per heavy atom. The first-order chi connectivity index (χ1) is 9.92. The molecule has 0 unspecified atom stereocenters. The molecule has 96 valence electrons. The van der Waals surface area contributed by atoms with Crippen molar-refractivity contribution in [2.75, 3.05) is 0 Å². The summed E-state index contributed by atoms with van der Waals surface area (Å²) in [7, 11) is 0. The molecule has 0 atom stereocenters. The van der Waals surface area contributed by atoms with Crippen LogP contribution in [0, 0.1) is 0 Å². The maximum atomic E-state index is 4.31. The number of hydrogen-bond donors (Lipinski definition) is 1. The number of rotatable bonds is 2. The van der Waals surface area contributed by atoms with Gasteiger partial charge in [0.15, 0.2) is 0 Å². The third kappa shape index (κ3) is 1.80. The van der Waals surface area contributed by atoms with Crippen molar-refractivity contribution in [3.63, 3.8) is 0 Å². The number of benzene rings is 1. The first kappa shape index (κ1) is 11.3. The van der Waals surface area contributed by atoms with Crippen LogP contribution in [0.5, 0.6) is 0 Å². The van der Waals surface area contributed by atoms with Gasteiger partial charge in [-0.3, -0.25) is 0 Å². The van der Waals surface area contributed by atoms with E-state index in [1.807, 2.05) is 48.7 Å². The van der Waals surface area contributed by atoms with E-state index in [1.165, 1.54) is 0 Å². The Hall–Kier alpha value is -2.53. The van der Waals surface area contributed by atoms with Gasteiger partial charge in [0.1, 0.15) is 15.7 Å². The number of aromatic amines is 1. The summed E-state index contributed by atoms with van der Waals surface area (Å²) in [6.45, 7) is 0. The highest BCUT2D eigenvalue weighted by Crippen LogP contribution is 2.33. The van der Waals surface area contributed by atoms with Crippen molar-refractivity contribution < 1.29 is 0 Å². The quantitative estimate of drug-likeness (QED) is 0.607. The van der Waals surface area contributed by atoms with E-state index in [4.69, 9.17) is 0 Å². The minimum Gasteiger partial charge on any atom is -0.345 e. The molecule has 0 aliphatic carbocycles. The van der Waals surface area contributed by atoms with Crippen LogP contribution < -0.4 is 0 Å². The lowest BCUT2D eigenvalue weighted by molar-refractivity contribution is 1.10. The number of nitrogens with one attached hydrogen (secondary N) is 1. The molecular formula is C15H10N4S. The highest BCUT2D eigenvalue weighted by atomic mass is 32.1. The Kier molecular flexibility index (Phi) is 2.57. The molecule has 0 aliphatic rings. The van der Waals surface area contributed by atoms with Crippen molar-refractivity contribution in [3.8, 4) is 21.1 Å². The summed E-state index contributed by atoms with van der Waals surface area (Å²) in [5.41, 5.74) is 3.01. The molecule has 0 saturated carbocycles. The smallest absolute Gasteiger partial charge is 0.150 e. The largest absolute Gasteiger partial charge is 0.345 e. The predicted octanol–water partition coefficient (Wildman–Crippen LogP) is 3.75. The normalized spacial score (nSPS) is 11.0. The second-order valence-electron chi connectivity index (χ2n) is 4.38. The monoisotopic (exact) mass is 278 g/mol. The molecule has 5 heteroatoms. The maximum absolute atomic E-state index is 4.31. The van der Waals surface area contributed by atoms with E-state index in [9.17, 15) is 0 Å².